The van der Waals surface area contributed by atoms with Crippen LogP contribution in [0.4, 0.5) is 0 Å². The summed E-state index contributed by atoms with van der Waals surface area (Å²) >= 11 is 0. The maximum atomic E-state index is 10.5. The van der Waals surface area contributed by atoms with Gasteiger partial charge in [0.15, 0.2) is 0 Å². The number of allylic oxidation sites excluding steroid dienone is 4. The number of hydrogen-bond donors (Lipinski definition) is 4. The van der Waals surface area contributed by atoms with Crippen LogP contribution in [0.1, 0.15) is 51.9 Å². The molecule has 28 heavy (non-hydrogen) atoms. The molecular weight excluding hydrogens is 360 g/mol. The van der Waals surface area contributed by atoms with Crippen LogP contribution in [0, 0.1) is 0 Å². The van der Waals surface area contributed by atoms with Gasteiger partial charge in [-0.15, -0.1) is 0 Å². The van der Waals surface area contributed by atoms with E-state index in [9.17, 15) is 20.1 Å². The molecule has 4 N–H and O–H groups in total. The smallest absolute Gasteiger partial charge is 0.303 e. The lowest BCUT2D eigenvalue weighted by Gasteiger charge is -2.16. The number of aliphatic carboxylic acids is 1. The van der Waals surface area contributed by atoms with Gasteiger partial charge in [0.05, 0.1) is 30.5 Å². The number of rotatable bonds is 13. The highest BCUT2D eigenvalue weighted by Gasteiger charge is 2.36. The lowest BCUT2D eigenvalue weighted by Crippen LogP contribution is -2.24. The monoisotopic (exact) mass is 394 g/mol. The highest BCUT2D eigenvalue weighted by molar-refractivity contribution is 5.66. The van der Waals surface area contributed by atoms with Crippen LogP contribution in [0.15, 0.2) is 48.6 Å². The molecule has 0 aromatic heterocycles. The van der Waals surface area contributed by atoms with Crippen LogP contribution < -0.4 is 0 Å². The molecule has 0 amide bonds. The van der Waals surface area contributed by atoms with Gasteiger partial charge in [-0.2, -0.15) is 0 Å². The molecule has 158 valence electrons. The molecule has 1 fully saturated rings. The van der Waals surface area contributed by atoms with Gasteiger partial charge in [0.2, 0.25) is 0 Å². The first kappa shape index (κ1) is 24.3. The molecule has 0 bridgehead atoms. The van der Waals surface area contributed by atoms with Crippen molar-refractivity contribution in [1.82, 2.24) is 0 Å². The van der Waals surface area contributed by atoms with Gasteiger partial charge < -0.3 is 25.2 Å². The number of carboxylic acids is 1. The molecule has 0 spiro atoms. The number of carboxylic acid groups (broad SMARTS) is 1. The molecular formula is C22H34O6. The van der Waals surface area contributed by atoms with Crippen LogP contribution in [0.2, 0.25) is 0 Å². The maximum absolute atomic E-state index is 10.5. The van der Waals surface area contributed by atoms with Gasteiger partial charge in [-0.25, -0.2) is 0 Å². The fourth-order valence-corrected chi connectivity index (χ4v) is 2.87. The third-order valence-electron chi connectivity index (χ3n) is 4.44. The van der Waals surface area contributed by atoms with E-state index in [0.717, 1.165) is 12.8 Å². The molecule has 5 atom stereocenters. The van der Waals surface area contributed by atoms with Crippen molar-refractivity contribution in [3.8, 4) is 0 Å². The highest BCUT2D eigenvalue weighted by Crippen LogP contribution is 2.26. The largest absolute Gasteiger partial charge is 0.481 e. The molecule has 6 heteroatoms. The Labute approximate surface area is 167 Å². The standard InChI is InChI=1S/C22H34O6/c1-2-3-4-5-6-8-11-17(23)14-15-18(24)21-16-19(25)20(28-21)12-9-7-10-13-22(26)27/h3-4,6-9,14-15,17-21,23-25H,2,5,10-13,16H2,1H3,(H,26,27)/b4-3-,8-6-,9-7-,15-14+/t17-,18+,19-,20+,21-/m0/s1. The van der Waals surface area contributed by atoms with Crippen molar-refractivity contribution in [2.75, 3.05) is 0 Å². The van der Waals surface area contributed by atoms with Crippen LogP contribution in [0.5, 0.6) is 0 Å². The average Bonchev–Trinajstić information content (AvgIpc) is 3.03. The van der Waals surface area contributed by atoms with Crippen molar-refractivity contribution in [2.45, 2.75) is 82.4 Å². The third-order valence-corrected chi connectivity index (χ3v) is 4.44. The second-order valence-corrected chi connectivity index (χ2v) is 6.92. The summed E-state index contributed by atoms with van der Waals surface area (Å²) in [5.74, 6) is -0.845. The fourth-order valence-electron chi connectivity index (χ4n) is 2.87. The average molecular weight is 395 g/mol. The zero-order valence-electron chi connectivity index (χ0n) is 16.6. The molecule has 0 unspecified atom stereocenters. The molecule has 0 aliphatic carbocycles. The normalized spacial score (nSPS) is 25.5. The van der Waals surface area contributed by atoms with Crippen molar-refractivity contribution in [1.29, 1.82) is 0 Å². The summed E-state index contributed by atoms with van der Waals surface area (Å²) in [7, 11) is 0. The zero-order valence-corrected chi connectivity index (χ0v) is 16.6. The molecule has 0 radical (unpaired) electrons. The zero-order chi connectivity index (χ0) is 20.8. The van der Waals surface area contributed by atoms with E-state index in [-0.39, 0.29) is 6.42 Å². The quantitative estimate of drug-likeness (QED) is 0.358. The lowest BCUT2D eigenvalue weighted by atomic mass is 10.0. The predicted molar refractivity (Wildman–Crippen MR) is 109 cm³/mol. The summed E-state index contributed by atoms with van der Waals surface area (Å²) in [4.78, 5) is 10.5. The minimum Gasteiger partial charge on any atom is -0.481 e. The Kier molecular flexibility index (Phi) is 12.4. The molecule has 1 aliphatic rings. The Hall–Kier alpha value is -1.73. The number of aliphatic hydroxyl groups excluding tert-OH is 3. The summed E-state index contributed by atoms with van der Waals surface area (Å²) in [5.41, 5.74) is 0. The summed E-state index contributed by atoms with van der Waals surface area (Å²) in [6, 6.07) is 0. The van der Waals surface area contributed by atoms with Crippen molar-refractivity contribution in [3.05, 3.63) is 48.6 Å². The third kappa shape index (κ3) is 10.6. The van der Waals surface area contributed by atoms with Crippen molar-refractivity contribution in [3.63, 3.8) is 0 Å². The summed E-state index contributed by atoms with van der Waals surface area (Å²) < 4.78 is 5.71. The van der Waals surface area contributed by atoms with E-state index in [1.54, 1.807) is 18.2 Å². The number of aliphatic hydroxyl groups is 3. The Morgan fingerprint density at radius 1 is 1.11 bits per heavy atom. The van der Waals surface area contributed by atoms with Gasteiger partial charge in [-0.05, 0) is 32.1 Å². The minimum atomic E-state index is -0.901. The fraction of sp³-hybridized carbons (Fsp3) is 0.591. The first-order chi connectivity index (χ1) is 13.4. The van der Waals surface area contributed by atoms with Gasteiger partial charge in [-0.3, -0.25) is 4.79 Å². The van der Waals surface area contributed by atoms with Crippen molar-refractivity contribution in [2.24, 2.45) is 0 Å². The van der Waals surface area contributed by atoms with Crippen LogP contribution in [-0.2, 0) is 9.53 Å². The van der Waals surface area contributed by atoms with Gasteiger partial charge in [0.25, 0.3) is 0 Å². The van der Waals surface area contributed by atoms with Gasteiger partial charge in [0.1, 0.15) is 0 Å². The molecule has 1 rings (SSSR count). The number of carbonyl (C=O) groups is 1. The van der Waals surface area contributed by atoms with Crippen molar-refractivity contribution < 1.29 is 30.0 Å². The van der Waals surface area contributed by atoms with Gasteiger partial charge in [-0.1, -0.05) is 55.5 Å². The first-order valence-electron chi connectivity index (χ1n) is 9.98. The van der Waals surface area contributed by atoms with Crippen LogP contribution >= 0.6 is 0 Å². The van der Waals surface area contributed by atoms with Crippen LogP contribution in [0.25, 0.3) is 0 Å². The number of ether oxygens (including phenoxy) is 1. The molecule has 0 saturated carbocycles. The molecule has 0 aromatic carbocycles. The second-order valence-electron chi connectivity index (χ2n) is 6.92. The van der Waals surface area contributed by atoms with E-state index < -0.39 is 36.5 Å². The highest BCUT2D eigenvalue weighted by atomic mass is 16.5. The Balaban J connectivity index is 2.33. The van der Waals surface area contributed by atoms with E-state index in [1.165, 1.54) is 6.08 Å². The molecule has 1 saturated heterocycles. The Bertz CT molecular complexity index is 551. The molecule has 1 heterocycles. The topological polar surface area (TPSA) is 107 Å². The van der Waals surface area contributed by atoms with Crippen LogP contribution in [-0.4, -0.2) is 56.9 Å². The molecule has 1 aliphatic heterocycles. The summed E-state index contributed by atoms with van der Waals surface area (Å²) in [6.45, 7) is 2.08. The molecule has 0 aromatic rings. The first-order valence-corrected chi connectivity index (χ1v) is 9.98. The van der Waals surface area contributed by atoms with E-state index in [4.69, 9.17) is 9.84 Å². The maximum Gasteiger partial charge on any atom is 0.303 e. The van der Waals surface area contributed by atoms with E-state index >= 15 is 0 Å². The van der Waals surface area contributed by atoms with Gasteiger partial charge in [0, 0.05) is 12.8 Å². The Morgan fingerprint density at radius 2 is 1.86 bits per heavy atom. The second kappa shape index (κ2) is 14.3. The molecule has 6 nitrogen and oxygen atoms in total. The SMILES string of the molecule is CC/C=C\C/C=C\C[C@H](O)/C=C/[C@@H](O)[C@@H]1C[C@H](O)[C@@H](C/C=C\CCC(=O)O)O1. The summed E-state index contributed by atoms with van der Waals surface area (Å²) in [5, 5.41) is 38.8. The predicted octanol–water partition coefficient (Wildman–Crippen LogP) is 2.90. The van der Waals surface area contributed by atoms with Crippen LogP contribution in [0.3, 0.4) is 0 Å². The lowest BCUT2D eigenvalue weighted by molar-refractivity contribution is -0.136. The Morgan fingerprint density at radius 3 is 2.57 bits per heavy atom. The van der Waals surface area contributed by atoms with E-state index in [0.29, 0.717) is 25.7 Å². The minimum absolute atomic E-state index is 0.0731. The summed E-state index contributed by atoms with van der Waals surface area (Å²) in [6.07, 6.45) is 15.1. The van der Waals surface area contributed by atoms with Gasteiger partial charge >= 0.3 is 5.97 Å². The van der Waals surface area contributed by atoms with E-state index in [1.807, 2.05) is 12.2 Å². The van der Waals surface area contributed by atoms with E-state index in [2.05, 4.69) is 19.1 Å². The van der Waals surface area contributed by atoms with Crippen molar-refractivity contribution >= 4 is 5.97 Å². The number of hydrogen-bond acceptors (Lipinski definition) is 5.